The van der Waals surface area contributed by atoms with Crippen molar-refractivity contribution in [3.63, 3.8) is 0 Å². The number of aliphatic hydroxyl groups excluding tert-OH is 1. The molecule has 0 bridgehead atoms. The molecule has 0 spiro atoms. The summed E-state index contributed by atoms with van der Waals surface area (Å²) >= 11 is 0. The Bertz CT molecular complexity index is 305. The fourth-order valence-corrected chi connectivity index (χ4v) is 3.34. The largest absolute Gasteiger partial charge is 0.393 e. The molecule has 0 aromatic heterocycles. The Labute approximate surface area is 119 Å². The van der Waals surface area contributed by atoms with Crippen molar-refractivity contribution in [2.75, 3.05) is 0 Å². The van der Waals surface area contributed by atoms with Gasteiger partial charge < -0.3 is 10.0 Å². The number of hydrogen-bond acceptors (Lipinski definition) is 2. The first-order chi connectivity index (χ1) is 8.44. The quantitative estimate of drug-likeness (QED) is 0.822. The highest BCUT2D eigenvalue weighted by Gasteiger charge is 2.42. The van der Waals surface area contributed by atoms with E-state index in [4.69, 9.17) is 0 Å². The predicted molar refractivity (Wildman–Crippen MR) is 83.1 cm³/mol. The van der Waals surface area contributed by atoms with Crippen molar-refractivity contribution in [1.82, 2.24) is 4.90 Å². The number of likely N-dealkylation sites (tertiary alicyclic amines) is 1. The molecule has 0 amide bonds. The maximum absolute atomic E-state index is 10.0. The van der Waals surface area contributed by atoms with E-state index in [9.17, 15) is 5.11 Å². The minimum atomic E-state index is -0.177. The van der Waals surface area contributed by atoms with Crippen molar-refractivity contribution in [1.29, 1.82) is 0 Å². The van der Waals surface area contributed by atoms with Crippen LogP contribution in [0.3, 0.4) is 0 Å². The second-order valence-corrected chi connectivity index (χ2v) is 8.54. The summed E-state index contributed by atoms with van der Waals surface area (Å²) in [6.07, 6.45) is 8.41. The van der Waals surface area contributed by atoms with Crippen molar-refractivity contribution >= 4 is 0 Å². The molecule has 1 rings (SSSR count). The maximum Gasteiger partial charge on any atom is 0.0584 e. The summed E-state index contributed by atoms with van der Waals surface area (Å²) in [7, 11) is 0. The molecule has 0 atom stereocenters. The van der Waals surface area contributed by atoms with Gasteiger partial charge in [0.05, 0.1) is 6.10 Å². The Morgan fingerprint density at radius 2 is 1.58 bits per heavy atom. The van der Waals surface area contributed by atoms with Crippen molar-refractivity contribution in [2.45, 2.75) is 91.3 Å². The molecule has 1 fully saturated rings. The molecule has 1 saturated heterocycles. The van der Waals surface area contributed by atoms with E-state index in [0.29, 0.717) is 5.41 Å². The van der Waals surface area contributed by atoms with Crippen LogP contribution >= 0.6 is 0 Å². The zero-order valence-corrected chi connectivity index (χ0v) is 14.0. The zero-order chi connectivity index (χ0) is 14.9. The summed E-state index contributed by atoms with van der Waals surface area (Å²) < 4.78 is 0. The minimum absolute atomic E-state index is 0.0272. The molecule has 0 saturated carbocycles. The van der Waals surface area contributed by atoms with Gasteiger partial charge in [-0.3, -0.25) is 0 Å². The highest BCUT2D eigenvalue weighted by Crippen LogP contribution is 2.38. The van der Waals surface area contributed by atoms with Gasteiger partial charge in [-0.2, -0.15) is 0 Å². The van der Waals surface area contributed by atoms with Crippen molar-refractivity contribution in [3.05, 3.63) is 12.3 Å². The number of piperidine rings is 1. The first kappa shape index (κ1) is 16.6. The second-order valence-electron chi connectivity index (χ2n) is 8.54. The molecule has 2 nitrogen and oxygen atoms in total. The molecule has 19 heavy (non-hydrogen) atoms. The Morgan fingerprint density at radius 1 is 1.11 bits per heavy atom. The maximum atomic E-state index is 10.0. The van der Waals surface area contributed by atoms with E-state index >= 15 is 0 Å². The highest BCUT2D eigenvalue weighted by molar-refractivity contribution is 5.05. The summed E-state index contributed by atoms with van der Waals surface area (Å²) in [5.74, 6) is 0. The van der Waals surface area contributed by atoms with E-state index in [1.165, 1.54) is 6.42 Å². The Kier molecular flexibility index (Phi) is 4.77. The number of nitrogens with zero attached hydrogens (tertiary/aromatic N) is 1. The van der Waals surface area contributed by atoms with Gasteiger partial charge in [0.15, 0.2) is 0 Å². The highest BCUT2D eigenvalue weighted by atomic mass is 16.3. The summed E-state index contributed by atoms with van der Waals surface area (Å²) in [6, 6.07) is 0. The molecular weight excluding hydrogens is 234 g/mol. The van der Waals surface area contributed by atoms with Gasteiger partial charge in [0.2, 0.25) is 0 Å². The number of aliphatic hydroxyl groups is 1. The van der Waals surface area contributed by atoms with Gasteiger partial charge in [0.25, 0.3) is 0 Å². The average Bonchev–Trinajstić information content (AvgIpc) is 2.10. The van der Waals surface area contributed by atoms with E-state index in [2.05, 4.69) is 65.6 Å². The van der Waals surface area contributed by atoms with Gasteiger partial charge in [-0.1, -0.05) is 26.8 Å². The monoisotopic (exact) mass is 267 g/mol. The van der Waals surface area contributed by atoms with Crippen LogP contribution in [0.5, 0.6) is 0 Å². The predicted octanol–water partition coefficient (Wildman–Crippen LogP) is 4.34. The standard InChI is InChI=1S/C17H33NO/c1-15(2,3)10-8-9-11-18-16(4,5)12-14(19)13-17(18,6)7/h9,11,14,19H,8,10,12-13H2,1-7H3. The smallest absolute Gasteiger partial charge is 0.0584 e. The fraction of sp³-hybridized carbons (Fsp3) is 0.882. The number of hydrogen-bond donors (Lipinski definition) is 1. The lowest BCUT2D eigenvalue weighted by molar-refractivity contribution is -0.0502. The van der Waals surface area contributed by atoms with Crippen LogP contribution in [0, 0.1) is 5.41 Å². The molecule has 112 valence electrons. The van der Waals surface area contributed by atoms with Crippen LogP contribution in [0.15, 0.2) is 12.3 Å². The van der Waals surface area contributed by atoms with Gasteiger partial charge in [-0.05, 0) is 65.0 Å². The molecule has 1 N–H and O–H groups in total. The third kappa shape index (κ3) is 4.83. The molecule has 0 aliphatic carbocycles. The van der Waals surface area contributed by atoms with Crippen LogP contribution < -0.4 is 0 Å². The summed E-state index contributed by atoms with van der Waals surface area (Å²) in [4.78, 5) is 2.44. The lowest BCUT2D eigenvalue weighted by atomic mass is 9.78. The Balaban J connectivity index is 2.71. The third-order valence-corrected chi connectivity index (χ3v) is 4.09. The van der Waals surface area contributed by atoms with E-state index in [1.54, 1.807) is 0 Å². The molecule has 1 aliphatic heterocycles. The van der Waals surface area contributed by atoms with Crippen LogP contribution in [0.1, 0.15) is 74.1 Å². The topological polar surface area (TPSA) is 23.5 Å². The van der Waals surface area contributed by atoms with Crippen molar-refractivity contribution < 1.29 is 5.11 Å². The van der Waals surface area contributed by atoms with Crippen molar-refractivity contribution in [2.24, 2.45) is 5.41 Å². The van der Waals surface area contributed by atoms with Gasteiger partial charge in [0.1, 0.15) is 0 Å². The van der Waals surface area contributed by atoms with E-state index < -0.39 is 0 Å². The lowest BCUT2D eigenvalue weighted by Gasteiger charge is -2.54. The normalized spacial score (nSPS) is 24.1. The zero-order valence-electron chi connectivity index (χ0n) is 14.0. The van der Waals surface area contributed by atoms with Crippen LogP contribution in [0.25, 0.3) is 0 Å². The molecule has 0 aromatic carbocycles. The number of rotatable bonds is 3. The SMILES string of the molecule is CC(C)(C)CCC=CN1C(C)(C)CC(O)CC1(C)C. The van der Waals surface area contributed by atoms with Gasteiger partial charge in [-0.15, -0.1) is 0 Å². The van der Waals surface area contributed by atoms with Crippen molar-refractivity contribution in [3.8, 4) is 0 Å². The van der Waals surface area contributed by atoms with Crippen LogP contribution in [-0.4, -0.2) is 27.2 Å². The van der Waals surface area contributed by atoms with E-state index in [-0.39, 0.29) is 17.2 Å². The fourth-order valence-electron chi connectivity index (χ4n) is 3.34. The van der Waals surface area contributed by atoms with Crippen LogP contribution in [0.2, 0.25) is 0 Å². The van der Waals surface area contributed by atoms with Crippen LogP contribution in [0.4, 0.5) is 0 Å². The molecular formula is C17H33NO. The molecule has 0 aromatic rings. The summed E-state index contributed by atoms with van der Waals surface area (Å²) in [5.41, 5.74) is 0.451. The van der Waals surface area contributed by atoms with E-state index in [1.807, 2.05) is 0 Å². The molecule has 2 heteroatoms. The third-order valence-electron chi connectivity index (χ3n) is 4.09. The van der Waals surface area contributed by atoms with Crippen LogP contribution in [-0.2, 0) is 0 Å². The number of allylic oxidation sites excluding steroid dienone is 1. The molecule has 0 radical (unpaired) electrons. The Morgan fingerprint density at radius 3 is 2.00 bits per heavy atom. The first-order valence-electron chi connectivity index (χ1n) is 7.58. The summed E-state index contributed by atoms with van der Waals surface area (Å²) in [5, 5.41) is 10.0. The molecule has 0 unspecified atom stereocenters. The van der Waals surface area contributed by atoms with Gasteiger partial charge in [-0.25, -0.2) is 0 Å². The van der Waals surface area contributed by atoms with Gasteiger partial charge >= 0.3 is 0 Å². The lowest BCUT2D eigenvalue weighted by Crippen LogP contribution is -2.59. The summed E-state index contributed by atoms with van der Waals surface area (Å²) in [6.45, 7) is 15.8. The first-order valence-corrected chi connectivity index (χ1v) is 7.58. The minimum Gasteiger partial charge on any atom is -0.393 e. The average molecular weight is 267 g/mol. The molecule has 1 heterocycles. The molecule has 1 aliphatic rings. The second kappa shape index (κ2) is 5.47. The van der Waals surface area contributed by atoms with E-state index in [0.717, 1.165) is 19.3 Å². The van der Waals surface area contributed by atoms with Gasteiger partial charge in [0, 0.05) is 11.1 Å². The Hall–Kier alpha value is -0.500.